The van der Waals surface area contributed by atoms with Gasteiger partial charge in [0.1, 0.15) is 0 Å². The molecule has 3 heteroatoms. The van der Waals surface area contributed by atoms with Gasteiger partial charge in [0.2, 0.25) is 0 Å². The molecule has 2 unspecified atom stereocenters. The Morgan fingerprint density at radius 2 is 2.36 bits per heavy atom. The Balaban J connectivity index is 2.12. The first kappa shape index (κ1) is 9.90. The zero-order chi connectivity index (χ0) is 10.0. The van der Waals surface area contributed by atoms with Gasteiger partial charge in [0, 0.05) is 25.2 Å². The maximum atomic E-state index is 6.10. The molecule has 1 aliphatic heterocycles. The summed E-state index contributed by atoms with van der Waals surface area (Å²) in [6, 6.07) is 0. The molecule has 1 heterocycles. The summed E-state index contributed by atoms with van der Waals surface area (Å²) >= 11 is 0. The van der Waals surface area contributed by atoms with Gasteiger partial charge < -0.3 is 11.1 Å². The minimum Gasteiger partial charge on any atom is -0.315 e. The summed E-state index contributed by atoms with van der Waals surface area (Å²) < 4.78 is 0. The van der Waals surface area contributed by atoms with E-state index in [0.29, 0.717) is 0 Å². The Bertz CT molecular complexity index is 259. The molecule has 0 aromatic carbocycles. The highest BCUT2D eigenvalue weighted by Gasteiger charge is 2.33. The van der Waals surface area contributed by atoms with Crippen molar-refractivity contribution in [2.75, 3.05) is 19.6 Å². The lowest BCUT2D eigenvalue weighted by molar-refractivity contribution is 0.0721. The van der Waals surface area contributed by atoms with Crippen molar-refractivity contribution in [3.05, 3.63) is 24.3 Å². The van der Waals surface area contributed by atoms with Gasteiger partial charge in [-0.3, -0.25) is 4.90 Å². The zero-order valence-corrected chi connectivity index (χ0v) is 8.74. The van der Waals surface area contributed by atoms with Gasteiger partial charge in [0.15, 0.2) is 0 Å². The second kappa shape index (κ2) is 3.85. The molecule has 0 radical (unpaired) electrons. The maximum absolute atomic E-state index is 6.10. The van der Waals surface area contributed by atoms with Crippen LogP contribution in [-0.2, 0) is 0 Å². The third kappa shape index (κ3) is 1.75. The van der Waals surface area contributed by atoms with E-state index in [1.54, 1.807) is 0 Å². The Morgan fingerprint density at radius 3 is 3.00 bits per heavy atom. The van der Waals surface area contributed by atoms with E-state index in [2.05, 4.69) is 41.4 Å². The average molecular weight is 193 g/mol. The molecule has 0 saturated carbocycles. The predicted molar refractivity (Wildman–Crippen MR) is 58.9 cm³/mol. The normalized spacial score (nSPS) is 38.9. The summed E-state index contributed by atoms with van der Waals surface area (Å²) in [5.74, 6) is 0. The standard InChI is InChI=1S/C11H19N3/c1-11(5-3-2-4-6-11)14-8-7-13-9-10(14)12/h2-5,10,13H,6-9,12H2,1H3. The fourth-order valence-corrected chi connectivity index (χ4v) is 2.29. The molecule has 3 nitrogen and oxygen atoms in total. The van der Waals surface area contributed by atoms with E-state index >= 15 is 0 Å². The van der Waals surface area contributed by atoms with E-state index in [1.807, 2.05) is 0 Å². The molecule has 0 bridgehead atoms. The minimum atomic E-state index is 0.121. The highest BCUT2D eigenvalue weighted by atomic mass is 15.3. The van der Waals surface area contributed by atoms with Crippen LogP contribution in [0.1, 0.15) is 13.3 Å². The van der Waals surface area contributed by atoms with Gasteiger partial charge in [0.25, 0.3) is 0 Å². The van der Waals surface area contributed by atoms with Crippen molar-refractivity contribution in [3.63, 3.8) is 0 Å². The van der Waals surface area contributed by atoms with Crippen LogP contribution in [0.15, 0.2) is 24.3 Å². The van der Waals surface area contributed by atoms with E-state index in [1.165, 1.54) is 0 Å². The summed E-state index contributed by atoms with van der Waals surface area (Å²) in [7, 11) is 0. The number of allylic oxidation sites excluding steroid dienone is 2. The number of rotatable bonds is 1. The number of nitrogens with one attached hydrogen (secondary N) is 1. The predicted octanol–water partition coefficient (Wildman–Crippen LogP) is 0.451. The van der Waals surface area contributed by atoms with Crippen molar-refractivity contribution >= 4 is 0 Å². The van der Waals surface area contributed by atoms with Gasteiger partial charge in [-0.15, -0.1) is 0 Å². The second-order valence-corrected chi connectivity index (χ2v) is 4.31. The second-order valence-electron chi connectivity index (χ2n) is 4.31. The van der Waals surface area contributed by atoms with Crippen LogP contribution in [-0.4, -0.2) is 36.2 Å². The van der Waals surface area contributed by atoms with E-state index < -0.39 is 0 Å². The van der Waals surface area contributed by atoms with E-state index in [0.717, 1.165) is 26.1 Å². The van der Waals surface area contributed by atoms with Gasteiger partial charge in [-0.05, 0) is 13.3 Å². The Labute approximate surface area is 85.6 Å². The first-order valence-corrected chi connectivity index (χ1v) is 5.30. The Kier molecular flexibility index (Phi) is 2.72. The Morgan fingerprint density at radius 1 is 1.50 bits per heavy atom. The molecular weight excluding hydrogens is 174 g/mol. The molecule has 0 amide bonds. The van der Waals surface area contributed by atoms with Crippen LogP contribution in [0.5, 0.6) is 0 Å². The van der Waals surface area contributed by atoms with Gasteiger partial charge >= 0.3 is 0 Å². The van der Waals surface area contributed by atoms with Crippen LogP contribution in [0.2, 0.25) is 0 Å². The molecule has 0 aromatic rings. The van der Waals surface area contributed by atoms with E-state index in [-0.39, 0.29) is 11.7 Å². The highest BCUT2D eigenvalue weighted by Crippen LogP contribution is 2.26. The monoisotopic (exact) mass is 193 g/mol. The quantitative estimate of drug-likeness (QED) is 0.635. The van der Waals surface area contributed by atoms with E-state index in [9.17, 15) is 0 Å². The lowest BCUT2D eigenvalue weighted by atomic mass is 9.90. The molecule has 1 fully saturated rings. The van der Waals surface area contributed by atoms with Crippen molar-refractivity contribution in [2.24, 2.45) is 5.73 Å². The summed E-state index contributed by atoms with van der Waals surface area (Å²) in [6.07, 6.45) is 9.92. The molecular formula is C11H19N3. The van der Waals surface area contributed by atoms with E-state index in [4.69, 9.17) is 5.73 Å². The summed E-state index contributed by atoms with van der Waals surface area (Å²) in [5.41, 5.74) is 6.22. The molecule has 3 N–H and O–H groups in total. The number of nitrogens with two attached hydrogens (primary N) is 1. The van der Waals surface area contributed by atoms with Crippen molar-refractivity contribution in [1.29, 1.82) is 0 Å². The molecule has 2 rings (SSSR count). The number of hydrogen-bond acceptors (Lipinski definition) is 3. The Hall–Kier alpha value is -0.640. The highest BCUT2D eigenvalue weighted by molar-refractivity contribution is 5.20. The summed E-state index contributed by atoms with van der Waals surface area (Å²) in [6.45, 7) is 5.24. The molecule has 1 aliphatic carbocycles. The third-order valence-corrected chi connectivity index (χ3v) is 3.17. The molecule has 2 aliphatic rings. The smallest absolute Gasteiger partial charge is 0.0707 e. The van der Waals surface area contributed by atoms with Crippen molar-refractivity contribution in [3.8, 4) is 0 Å². The number of piperazine rings is 1. The average Bonchev–Trinajstić information content (AvgIpc) is 2.19. The van der Waals surface area contributed by atoms with Gasteiger partial charge in [-0.1, -0.05) is 24.3 Å². The zero-order valence-electron chi connectivity index (χ0n) is 8.74. The lowest BCUT2D eigenvalue weighted by Crippen LogP contribution is -2.63. The van der Waals surface area contributed by atoms with Crippen molar-refractivity contribution in [1.82, 2.24) is 10.2 Å². The van der Waals surface area contributed by atoms with Crippen LogP contribution < -0.4 is 11.1 Å². The minimum absolute atomic E-state index is 0.121. The van der Waals surface area contributed by atoms with Crippen LogP contribution in [0.3, 0.4) is 0 Å². The SMILES string of the molecule is CC1(N2CCNCC2N)C=CC=CC1. The number of nitrogens with zero attached hydrogens (tertiary/aromatic N) is 1. The van der Waals surface area contributed by atoms with Gasteiger partial charge in [-0.25, -0.2) is 0 Å². The summed E-state index contributed by atoms with van der Waals surface area (Å²) in [5, 5.41) is 3.31. The van der Waals surface area contributed by atoms with Gasteiger partial charge in [0.05, 0.1) is 6.17 Å². The topological polar surface area (TPSA) is 41.3 Å². The van der Waals surface area contributed by atoms with Crippen LogP contribution >= 0.6 is 0 Å². The van der Waals surface area contributed by atoms with Gasteiger partial charge in [-0.2, -0.15) is 0 Å². The fraction of sp³-hybridized carbons (Fsp3) is 0.636. The molecule has 78 valence electrons. The first-order valence-electron chi connectivity index (χ1n) is 5.30. The third-order valence-electron chi connectivity index (χ3n) is 3.17. The van der Waals surface area contributed by atoms with Crippen molar-refractivity contribution < 1.29 is 0 Å². The fourth-order valence-electron chi connectivity index (χ4n) is 2.29. The first-order chi connectivity index (χ1) is 6.72. The molecule has 14 heavy (non-hydrogen) atoms. The summed E-state index contributed by atoms with van der Waals surface area (Å²) in [4.78, 5) is 2.39. The maximum Gasteiger partial charge on any atom is 0.0707 e. The lowest BCUT2D eigenvalue weighted by Gasteiger charge is -2.45. The van der Waals surface area contributed by atoms with Crippen LogP contribution in [0.25, 0.3) is 0 Å². The van der Waals surface area contributed by atoms with Crippen molar-refractivity contribution in [2.45, 2.75) is 25.0 Å². The molecule has 0 aromatic heterocycles. The molecule has 1 saturated heterocycles. The molecule has 0 spiro atoms. The van der Waals surface area contributed by atoms with Crippen LogP contribution in [0.4, 0.5) is 0 Å². The number of hydrogen-bond donors (Lipinski definition) is 2. The molecule has 2 atom stereocenters. The van der Waals surface area contributed by atoms with Crippen LogP contribution in [0, 0.1) is 0 Å². The largest absolute Gasteiger partial charge is 0.315 e.